The van der Waals surface area contributed by atoms with Crippen molar-refractivity contribution in [3.05, 3.63) is 50.3 Å². The van der Waals surface area contributed by atoms with Crippen LogP contribution in [0.4, 0.5) is 11.4 Å². The second kappa shape index (κ2) is 6.00. The molecule has 1 aliphatic rings. The minimum Gasteiger partial charge on any atom is -0.366 e. The van der Waals surface area contributed by atoms with E-state index in [1.54, 1.807) is 12.3 Å². The number of rotatable bonds is 3. The van der Waals surface area contributed by atoms with E-state index in [1.165, 1.54) is 0 Å². The molecule has 21 heavy (non-hydrogen) atoms. The number of anilines is 1. The van der Waals surface area contributed by atoms with Gasteiger partial charge in [0.1, 0.15) is 5.69 Å². The summed E-state index contributed by atoms with van der Waals surface area (Å²) in [7, 11) is 0. The van der Waals surface area contributed by atoms with Crippen LogP contribution in [0.2, 0.25) is 0 Å². The van der Waals surface area contributed by atoms with Gasteiger partial charge in [-0.05, 0) is 53.6 Å². The van der Waals surface area contributed by atoms with E-state index in [1.807, 2.05) is 29.1 Å². The summed E-state index contributed by atoms with van der Waals surface area (Å²) in [6.07, 6.45) is 5.67. The van der Waals surface area contributed by atoms with Gasteiger partial charge < -0.3 is 4.90 Å². The SMILES string of the molecule is O=[N+]([O-])c1cc(I)ccc1N1CCC(n2cccn2)CC1. The van der Waals surface area contributed by atoms with Crippen LogP contribution in [0.15, 0.2) is 36.7 Å². The summed E-state index contributed by atoms with van der Waals surface area (Å²) in [6, 6.07) is 7.72. The number of nitro groups is 1. The van der Waals surface area contributed by atoms with E-state index in [9.17, 15) is 10.1 Å². The van der Waals surface area contributed by atoms with Gasteiger partial charge in [-0.2, -0.15) is 5.10 Å². The van der Waals surface area contributed by atoms with Gasteiger partial charge in [0.05, 0.1) is 11.0 Å². The Morgan fingerprint density at radius 2 is 2.10 bits per heavy atom. The summed E-state index contributed by atoms with van der Waals surface area (Å²) in [4.78, 5) is 13.0. The molecule has 0 aliphatic carbocycles. The lowest BCUT2D eigenvalue weighted by Gasteiger charge is -2.33. The van der Waals surface area contributed by atoms with Crippen LogP contribution in [0.3, 0.4) is 0 Å². The summed E-state index contributed by atoms with van der Waals surface area (Å²) in [5.41, 5.74) is 0.916. The molecule has 0 bridgehead atoms. The highest BCUT2D eigenvalue weighted by atomic mass is 127. The van der Waals surface area contributed by atoms with E-state index in [0.29, 0.717) is 6.04 Å². The lowest BCUT2D eigenvalue weighted by atomic mass is 10.0. The highest BCUT2D eigenvalue weighted by Crippen LogP contribution is 2.33. The molecule has 7 heteroatoms. The topological polar surface area (TPSA) is 64.2 Å². The third-order valence-corrected chi connectivity index (χ3v) is 4.51. The van der Waals surface area contributed by atoms with E-state index >= 15 is 0 Å². The van der Waals surface area contributed by atoms with Crippen molar-refractivity contribution in [2.24, 2.45) is 0 Å². The standard InChI is InChI=1S/C14H15IN4O2/c15-11-2-3-13(14(10-11)19(20)21)17-8-4-12(5-9-17)18-7-1-6-16-18/h1-3,6-7,10,12H,4-5,8-9H2. The van der Waals surface area contributed by atoms with Crippen LogP contribution in [0.5, 0.6) is 0 Å². The van der Waals surface area contributed by atoms with E-state index in [2.05, 4.69) is 32.6 Å². The molecule has 1 saturated heterocycles. The maximum absolute atomic E-state index is 11.2. The fraction of sp³-hybridized carbons (Fsp3) is 0.357. The zero-order valence-electron chi connectivity index (χ0n) is 11.4. The number of nitro benzene ring substituents is 1. The third-order valence-electron chi connectivity index (χ3n) is 3.84. The first-order valence-corrected chi connectivity index (χ1v) is 7.91. The molecule has 110 valence electrons. The summed E-state index contributed by atoms with van der Waals surface area (Å²) >= 11 is 2.10. The number of halogens is 1. The Kier molecular flexibility index (Phi) is 4.09. The van der Waals surface area contributed by atoms with Gasteiger partial charge in [-0.1, -0.05) is 0 Å². The molecule has 1 aromatic carbocycles. The minimum absolute atomic E-state index is 0.194. The molecule has 2 heterocycles. The van der Waals surface area contributed by atoms with Crippen molar-refractivity contribution < 1.29 is 4.92 Å². The van der Waals surface area contributed by atoms with E-state index < -0.39 is 0 Å². The zero-order valence-corrected chi connectivity index (χ0v) is 13.5. The van der Waals surface area contributed by atoms with Crippen LogP contribution in [-0.2, 0) is 0 Å². The van der Waals surface area contributed by atoms with Crippen LogP contribution in [0.1, 0.15) is 18.9 Å². The molecule has 1 fully saturated rings. The summed E-state index contributed by atoms with van der Waals surface area (Å²) in [5, 5.41) is 15.5. The maximum atomic E-state index is 11.2. The van der Waals surface area contributed by atoms with Gasteiger partial charge in [0, 0.05) is 35.1 Å². The highest BCUT2D eigenvalue weighted by Gasteiger charge is 2.25. The fourth-order valence-corrected chi connectivity index (χ4v) is 3.25. The number of benzene rings is 1. The lowest BCUT2D eigenvalue weighted by Crippen LogP contribution is -2.35. The van der Waals surface area contributed by atoms with E-state index in [4.69, 9.17) is 0 Å². The van der Waals surface area contributed by atoms with Gasteiger partial charge >= 0.3 is 0 Å². The van der Waals surface area contributed by atoms with Crippen LogP contribution in [-0.4, -0.2) is 27.8 Å². The van der Waals surface area contributed by atoms with Crippen LogP contribution >= 0.6 is 22.6 Å². The van der Waals surface area contributed by atoms with Crippen LogP contribution in [0.25, 0.3) is 0 Å². The molecule has 0 unspecified atom stereocenters. The second-order valence-corrected chi connectivity index (χ2v) is 6.34. The molecule has 0 atom stereocenters. The highest BCUT2D eigenvalue weighted by molar-refractivity contribution is 14.1. The van der Waals surface area contributed by atoms with Crippen LogP contribution in [0, 0.1) is 13.7 Å². The average Bonchev–Trinajstić information content (AvgIpc) is 3.01. The first-order valence-electron chi connectivity index (χ1n) is 6.83. The number of aromatic nitrogens is 2. The largest absolute Gasteiger partial charge is 0.366 e. The Balaban J connectivity index is 1.76. The molecule has 0 radical (unpaired) electrons. The number of hydrogen-bond acceptors (Lipinski definition) is 4. The molecule has 0 amide bonds. The monoisotopic (exact) mass is 398 g/mol. The normalized spacial score (nSPS) is 16.1. The molecule has 0 spiro atoms. The van der Waals surface area contributed by atoms with Gasteiger partial charge in [-0.3, -0.25) is 14.8 Å². The van der Waals surface area contributed by atoms with Gasteiger partial charge in [0.25, 0.3) is 5.69 Å². The van der Waals surface area contributed by atoms with Gasteiger partial charge in [-0.15, -0.1) is 0 Å². The predicted molar refractivity (Wildman–Crippen MR) is 88.5 cm³/mol. The summed E-state index contributed by atoms with van der Waals surface area (Å²) in [5.74, 6) is 0. The predicted octanol–water partition coefficient (Wildman–Crippen LogP) is 3.24. The second-order valence-electron chi connectivity index (χ2n) is 5.09. The number of nitrogens with zero attached hydrogens (tertiary/aromatic N) is 4. The Hall–Kier alpha value is -1.64. The lowest BCUT2D eigenvalue weighted by molar-refractivity contribution is -0.384. The van der Waals surface area contributed by atoms with E-state index in [-0.39, 0.29) is 10.6 Å². The molecular weight excluding hydrogens is 383 g/mol. The van der Waals surface area contributed by atoms with Crippen molar-refractivity contribution in [1.29, 1.82) is 0 Å². The Labute approximate surface area is 136 Å². The number of hydrogen-bond donors (Lipinski definition) is 0. The van der Waals surface area contributed by atoms with Crippen LogP contribution < -0.4 is 4.90 Å². The summed E-state index contributed by atoms with van der Waals surface area (Å²) in [6.45, 7) is 1.62. The molecular formula is C14H15IN4O2. The Bertz CT molecular complexity index is 636. The summed E-state index contributed by atoms with van der Waals surface area (Å²) < 4.78 is 2.87. The minimum atomic E-state index is -0.295. The van der Waals surface area contributed by atoms with Gasteiger partial charge in [0.2, 0.25) is 0 Å². The third kappa shape index (κ3) is 3.02. The van der Waals surface area contributed by atoms with Crippen molar-refractivity contribution in [3.63, 3.8) is 0 Å². The molecule has 6 nitrogen and oxygen atoms in total. The molecule has 0 N–H and O–H groups in total. The Morgan fingerprint density at radius 1 is 1.33 bits per heavy atom. The quantitative estimate of drug-likeness (QED) is 0.453. The molecule has 0 saturated carbocycles. The molecule has 1 aromatic heterocycles. The van der Waals surface area contributed by atoms with E-state index in [0.717, 1.165) is 35.2 Å². The Morgan fingerprint density at radius 3 is 2.71 bits per heavy atom. The molecule has 2 aromatic rings. The van der Waals surface area contributed by atoms with Crippen molar-refractivity contribution in [2.45, 2.75) is 18.9 Å². The maximum Gasteiger partial charge on any atom is 0.293 e. The smallest absolute Gasteiger partial charge is 0.293 e. The fourth-order valence-electron chi connectivity index (χ4n) is 2.78. The van der Waals surface area contributed by atoms with Crippen molar-refractivity contribution in [3.8, 4) is 0 Å². The van der Waals surface area contributed by atoms with Crippen molar-refractivity contribution in [2.75, 3.05) is 18.0 Å². The van der Waals surface area contributed by atoms with Crippen molar-refractivity contribution >= 4 is 34.0 Å². The van der Waals surface area contributed by atoms with Crippen molar-refractivity contribution in [1.82, 2.24) is 9.78 Å². The van der Waals surface area contributed by atoms with Gasteiger partial charge in [0.15, 0.2) is 0 Å². The molecule has 1 aliphatic heterocycles. The zero-order chi connectivity index (χ0) is 14.8. The van der Waals surface area contributed by atoms with Gasteiger partial charge in [-0.25, -0.2) is 0 Å². The molecule has 3 rings (SSSR count). The first kappa shape index (κ1) is 14.3. The first-order chi connectivity index (χ1) is 10.1. The average molecular weight is 398 g/mol. The number of piperidine rings is 1.